The molecule has 0 bridgehead atoms. The SMILES string of the molecule is Cc1ccc(NC(=O)c2ccc3cccc(N)c3n2)cc1. The minimum Gasteiger partial charge on any atom is -0.397 e. The number of carbonyl (C=O) groups is 1. The van der Waals surface area contributed by atoms with Gasteiger partial charge in [-0.15, -0.1) is 0 Å². The molecule has 4 nitrogen and oxygen atoms in total. The third-order valence-corrected chi connectivity index (χ3v) is 3.29. The Hall–Kier alpha value is -2.88. The van der Waals surface area contributed by atoms with Crippen molar-refractivity contribution >= 4 is 28.2 Å². The van der Waals surface area contributed by atoms with Crippen LogP contribution in [-0.2, 0) is 0 Å². The number of pyridine rings is 1. The van der Waals surface area contributed by atoms with Gasteiger partial charge in [0.25, 0.3) is 5.91 Å². The normalized spacial score (nSPS) is 10.5. The van der Waals surface area contributed by atoms with E-state index in [4.69, 9.17) is 5.73 Å². The first-order valence-electron chi connectivity index (χ1n) is 6.67. The highest BCUT2D eigenvalue weighted by atomic mass is 16.1. The average Bonchev–Trinajstić information content (AvgIpc) is 2.50. The molecule has 3 N–H and O–H groups in total. The Bertz CT molecular complexity index is 810. The van der Waals surface area contributed by atoms with Gasteiger partial charge in [0, 0.05) is 11.1 Å². The topological polar surface area (TPSA) is 68.0 Å². The molecular formula is C17H15N3O. The Kier molecular flexibility index (Phi) is 3.28. The summed E-state index contributed by atoms with van der Waals surface area (Å²) >= 11 is 0. The van der Waals surface area contributed by atoms with Gasteiger partial charge < -0.3 is 11.1 Å². The molecule has 3 aromatic rings. The zero-order valence-corrected chi connectivity index (χ0v) is 11.6. The fourth-order valence-electron chi connectivity index (χ4n) is 2.13. The van der Waals surface area contributed by atoms with Crippen molar-refractivity contribution in [3.8, 4) is 0 Å². The fraction of sp³-hybridized carbons (Fsp3) is 0.0588. The highest BCUT2D eigenvalue weighted by Gasteiger charge is 2.09. The van der Waals surface area contributed by atoms with Gasteiger partial charge in [0.15, 0.2) is 0 Å². The van der Waals surface area contributed by atoms with E-state index in [1.165, 1.54) is 0 Å². The van der Waals surface area contributed by atoms with E-state index in [1.807, 2.05) is 49.4 Å². The Morgan fingerprint density at radius 1 is 1.05 bits per heavy atom. The lowest BCUT2D eigenvalue weighted by Gasteiger charge is -2.07. The lowest BCUT2D eigenvalue weighted by atomic mass is 10.1. The molecule has 1 amide bonds. The number of nitrogens with zero attached hydrogens (tertiary/aromatic N) is 1. The van der Waals surface area contributed by atoms with Crippen molar-refractivity contribution in [3.63, 3.8) is 0 Å². The van der Waals surface area contributed by atoms with Crippen LogP contribution < -0.4 is 11.1 Å². The van der Waals surface area contributed by atoms with Crippen molar-refractivity contribution in [2.24, 2.45) is 0 Å². The van der Waals surface area contributed by atoms with E-state index < -0.39 is 0 Å². The molecule has 0 unspecified atom stereocenters. The maximum Gasteiger partial charge on any atom is 0.274 e. The van der Waals surface area contributed by atoms with Crippen molar-refractivity contribution in [3.05, 3.63) is 65.9 Å². The molecule has 0 aliphatic rings. The van der Waals surface area contributed by atoms with Crippen molar-refractivity contribution in [1.82, 2.24) is 4.98 Å². The van der Waals surface area contributed by atoms with Crippen molar-refractivity contribution in [1.29, 1.82) is 0 Å². The Morgan fingerprint density at radius 2 is 1.81 bits per heavy atom. The highest BCUT2D eigenvalue weighted by molar-refractivity contribution is 6.04. The first-order chi connectivity index (χ1) is 10.1. The lowest BCUT2D eigenvalue weighted by Crippen LogP contribution is -2.13. The average molecular weight is 277 g/mol. The molecule has 4 heteroatoms. The van der Waals surface area contributed by atoms with E-state index in [1.54, 1.807) is 12.1 Å². The second-order valence-electron chi connectivity index (χ2n) is 4.94. The van der Waals surface area contributed by atoms with Crippen LogP contribution in [0.3, 0.4) is 0 Å². The van der Waals surface area contributed by atoms with Gasteiger partial charge in [-0.25, -0.2) is 4.98 Å². The van der Waals surface area contributed by atoms with Crippen LogP contribution in [0.2, 0.25) is 0 Å². The van der Waals surface area contributed by atoms with Gasteiger partial charge in [0.2, 0.25) is 0 Å². The van der Waals surface area contributed by atoms with Gasteiger partial charge in [-0.3, -0.25) is 4.79 Å². The minimum atomic E-state index is -0.246. The number of hydrogen-bond acceptors (Lipinski definition) is 3. The smallest absolute Gasteiger partial charge is 0.274 e. The zero-order chi connectivity index (χ0) is 14.8. The molecule has 1 aromatic heterocycles. The predicted molar refractivity (Wildman–Crippen MR) is 85.3 cm³/mol. The molecule has 0 radical (unpaired) electrons. The molecule has 104 valence electrons. The number of hydrogen-bond donors (Lipinski definition) is 2. The number of benzene rings is 2. The molecule has 0 aliphatic carbocycles. The fourth-order valence-corrected chi connectivity index (χ4v) is 2.13. The standard InChI is InChI=1S/C17H15N3O/c1-11-5-8-13(9-6-11)19-17(21)15-10-7-12-3-2-4-14(18)16(12)20-15/h2-10H,18H2,1H3,(H,19,21). The number of amides is 1. The van der Waals surface area contributed by atoms with E-state index in [9.17, 15) is 4.79 Å². The number of anilines is 2. The van der Waals surface area contributed by atoms with E-state index in [0.717, 1.165) is 16.6 Å². The second kappa shape index (κ2) is 5.25. The molecule has 1 heterocycles. The first-order valence-corrected chi connectivity index (χ1v) is 6.67. The number of nitrogens with two attached hydrogens (primary N) is 1. The molecule has 2 aromatic carbocycles. The third-order valence-electron chi connectivity index (χ3n) is 3.29. The van der Waals surface area contributed by atoms with Gasteiger partial charge in [-0.1, -0.05) is 35.9 Å². The molecule has 0 saturated heterocycles. The summed E-state index contributed by atoms with van der Waals surface area (Å²) < 4.78 is 0. The van der Waals surface area contributed by atoms with Crippen LogP contribution in [0, 0.1) is 6.92 Å². The zero-order valence-electron chi connectivity index (χ0n) is 11.6. The molecule has 0 atom stereocenters. The van der Waals surface area contributed by atoms with Crippen LogP contribution in [0.5, 0.6) is 0 Å². The van der Waals surface area contributed by atoms with E-state index in [0.29, 0.717) is 16.9 Å². The second-order valence-corrected chi connectivity index (χ2v) is 4.94. The monoisotopic (exact) mass is 277 g/mol. The van der Waals surface area contributed by atoms with Gasteiger partial charge in [0.05, 0.1) is 11.2 Å². The molecule has 3 rings (SSSR count). The molecule has 21 heavy (non-hydrogen) atoms. The maximum absolute atomic E-state index is 12.2. The van der Waals surface area contributed by atoms with Crippen LogP contribution in [0.1, 0.15) is 16.1 Å². The summed E-state index contributed by atoms with van der Waals surface area (Å²) in [5.74, 6) is -0.246. The number of rotatable bonds is 2. The summed E-state index contributed by atoms with van der Waals surface area (Å²) in [4.78, 5) is 16.6. The number of aryl methyl sites for hydroxylation is 1. The van der Waals surface area contributed by atoms with Crippen LogP contribution >= 0.6 is 0 Å². The Balaban J connectivity index is 1.91. The Labute approximate surface area is 122 Å². The summed E-state index contributed by atoms with van der Waals surface area (Å²) in [5, 5.41) is 3.75. The van der Waals surface area contributed by atoms with E-state index in [2.05, 4.69) is 10.3 Å². The van der Waals surface area contributed by atoms with Crippen LogP contribution in [0.15, 0.2) is 54.6 Å². The number of para-hydroxylation sites is 1. The van der Waals surface area contributed by atoms with Gasteiger partial charge in [-0.2, -0.15) is 0 Å². The lowest BCUT2D eigenvalue weighted by molar-refractivity contribution is 0.102. The maximum atomic E-state index is 12.2. The quantitative estimate of drug-likeness (QED) is 0.706. The molecule has 0 aliphatic heterocycles. The summed E-state index contributed by atoms with van der Waals surface area (Å²) in [6.45, 7) is 2.00. The van der Waals surface area contributed by atoms with Crippen molar-refractivity contribution < 1.29 is 4.79 Å². The number of aromatic nitrogens is 1. The highest BCUT2D eigenvalue weighted by Crippen LogP contribution is 2.19. The van der Waals surface area contributed by atoms with Gasteiger partial charge in [0.1, 0.15) is 5.69 Å². The van der Waals surface area contributed by atoms with Crippen LogP contribution in [0.25, 0.3) is 10.9 Å². The number of nitrogens with one attached hydrogen (secondary N) is 1. The number of fused-ring (bicyclic) bond motifs is 1. The molecule has 0 spiro atoms. The minimum absolute atomic E-state index is 0.246. The Morgan fingerprint density at radius 3 is 2.57 bits per heavy atom. The van der Waals surface area contributed by atoms with Crippen LogP contribution in [-0.4, -0.2) is 10.9 Å². The summed E-state index contributed by atoms with van der Waals surface area (Å²) in [6.07, 6.45) is 0. The molecule has 0 saturated carbocycles. The summed E-state index contributed by atoms with van der Waals surface area (Å²) in [7, 11) is 0. The molecule has 0 fully saturated rings. The van der Waals surface area contributed by atoms with E-state index in [-0.39, 0.29) is 5.91 Å². The van der Waals surface area contributed by atoms with E-state index >= 15 is 0 Å². The number of carbonyl (C=O) groups excluding carboxylic acids is 1. The summed E-state index contributed by atoms with van der Waals surface area (Å²) in [5.41, 5.74) is 9.35. The van der Waals surface area contributed by atoms with Crippen molar-refractivity contribution in [2.45, 2.75) is 6.92 Å². The largest absolute Gasteiger partial charge is 0.397 e. The van der Waals surface area contributed by atoms with Crippen LogP contribution in [0.4, 0.5) is 11.4 Å². The summed E-state index contributed by atoms with van der Waals surface area (Å²) in [6, 6.07) is 16.7. The van der Waals surface area contributed by atoms with Gasteiger partial charge >= 0.3 is 0 Å². The van der Waals surface area contributed by atoms with Crippen molar-refractivity contribution in [2.75, 3.05) is 11.1 Å². The first kappa shape index (κ1) is 13.1. The van der Waals surface area contributed by atoms with Gasteiger partial charge in [-0.05, 0) is 31.2 Å². The third kappa shape index (κ3) is 2.69. The number of nitrogen functional groups attached to an aromatic ring is 1. The molecular weight excluding hydrogens is 262 g/mol. The predicted octanol–water partition coefficient (Wildman–Crippen LogP) is 3.38.